The Hall–Kier alpha value is -4.09. The van der Waals surface area contributed by atoms with Crippen LogP contribution >= 0.6 is 11.6 Å². The van der Waals surface area contributed by atoms with Crippen LogP contribution in [0.15, 0.2) is 103 Å². The summed E-state index contributed by atoms with van der Waals surface area (Å²) in [4.78, 5) is 19.4. The third-order valence-electron chi connectivity index (χ3n) is 5.83. The summed E-state index contributed by atoms with van der Waals surface area (Å²) in [6.45, 7) is 1.36. The molecule has 0 radical (unpaired) electrons. The van der Waals surface area contributed by atoms with Gasteiger partial charge in [-0.2, -0.15) is 0 Å². The lowest BCUT2D eigenvalue weighted by Gasteiger charge is -2.22. The number of methoxy groups -OCH3 is 1. The average Bonchev–Trinajstić information content (AvgIpc) is 2.95. The Morgan fingerprint density at radius 1 is 0.919 bits per heavy atom. The molecule has 0 spiro atoms. The Morgan fingerprint density at radius 3 is 2.46 bits per heavy atom. The van der Waals surface area contributed by atoms with Crippen LogP contribution in [0, 0.1) is 0 Å². The molecule has 0 aliphatic heterocycles. The number of carbonyl (C=O) groups is 1. The highest BCUT2D eigenvalue weighted by Gasteiger charge is 2.14. The average molecular weight is 513 g/mol. The lowest BCUT2D eigenvalue weighted by Crippen LogP contribution is -2.31. The molecule has 0 fully saturated rings. The number of hydrogen-bond donors (Lipinski definition) is 0. The fourth-order valence-corrected chi connectivity index (χ4v) is 4.02. The van der Waals surface area contributed by atoms with Crippen molar-refractivity contribution in [2.75, 3.05) is 13.7 Å². The van der Waals surface area contributed by atoms with Gasteiger partial charge >= 0.3 is 0 Å². The van der Waals surface area contributed by atoms with Crippen LogP contribution in [0.1, 0.15) is 22.4 Å². The van der Waals surface area contributed by atoms with Gasteiger partial charge in [0.05, 0.1) is 7.11 Å². The number of benzene rings is 3. The monoisotopic (exact) mass is 512 g/mol. The van der Waals surface area contributed by atoms with Gasteiger partial charge in [-0.15, -0.1) is 0 Å². The molecule has 4 rings (SSSR count). The Bertz CT molecular complexity index is 1330. The van der Waals surface area contributed by atoms with E-state index >= 15 is 0 Å². The largest absolute Gasteiger partial charge is 0.493 e. The van der Waals surface area contributed by atoms with Crippen LogP contribution in [0.25, 0.3) is 6.08 Å². The fourth-order valence-electron chi connectivity index (χ4n) is 3.82. The first-order valence-electron chi connectivity index (χ1n) is 12.1. The fraction of sp³-hybridized carbons (Fsp3) is 0.161. The van der Waals surface area contributed by atoms with E-state index in [9.17, 15) is 4.79 Å². The number of pyridine rings is 1. The second kappa shape index (κ2) is 13.3. The van der Waals surface area contributed by atoms with Gasteiger partial charge in [-0.05, 0) is 53.1 Å². The van der Waals surface area contributed by atoms with Crippen LogP contribution in [0.4, 0.5) is 0 Å². The molecule has 0 saturated heterocycles. The van der Waals surface area contributed by atoms with Crippen LogP contribution in [-0.4, -0.2) is 29.4 Å². The van der Waals surface area contributed by atoms with E-state index in [0.717, 1.165) is 22.4 Å². The zero-order valence-electron chi connectivity index (χ0n) is 20.7. The summed E-state index contributed by atoms with van der Waals surface area (Å²) in [7, 11) is 1.62. The molecule has 0 unspecified atom stereocenters. The minimum absolute atomic E-state index is 0.112. The molecule has 0 N–H and O–H groups in total. The first-order valence-corrected chi connectivity index (χ1v) is 12.5. The number of hydrogen-bond acceptors (Lipinski definition) is 4. The predicted molar refractivity (Wildman–Crippen MR) is 148 cm³/mol. The van der Waals surface area contributed by atoms with E-state index in [1.807, 2.05) is 84.9 Å². The Labute approximate surface area is 223 Å². The van der Waals surface area contributed by atoms with Crippen LogP contribution in [0.3, 0.4) is 0 Å². The molecule has 0 bridgehead atoms. The molecule has 6 heteroatoms. The molecule has 0 saturated carbocycles. The topological polar surface area (TPSA) is 51.7 Å². The minimum Gasteiger partial charge on any atom is -0.493 e. The predicted octanol–water partition coefficient (Wildman–Crippen LogP) is 6.61. The normalized spacial score (nSPS) is 10.9. The van der Waals surface area contributed by atoms with E-state index in [1.165, 1.54) is 0 Å². The Balaban J connectivity index is 1.50. The van der Waals surface area contributed by atoms with E-state index in [0.29, 0.717) is 42.6 Å². The third kappa shape index (κ3) is 7.69. The number of halogens is 1. The van der Waals surface area contributed by atoms with Gasteiger partial charge in [0.25, 0.3) is 0 Å². The zero-order valence-corrected chi connectivity index (χ0v) is 21.5. The maximum Gasteiger partial charge on any atom is 0.246 e. The summed E-state index contributed by atoms with van der Waals surface area (Å²) < 4.78 is 11.6. The van der Waals surface area contributed by atoms with E-state index in [4.69, 9.17) is 21.1 Å². The minimum atomic E-state index is -0.112. The summed E-state index contributed by atoms with van der Waals surface area (Å²) >= 11 is 6.26. The van der Waals surface area contributed by atoms with Crippen molar-refractivity contribution in [3.63, 3.8) is 0 Å². The summed E-state index contributed by atoms with van der Waals surface area (Å²) in [5.41, 5.74) is 3.73. The molecule has 37 heavy (non-hydrogen) atoms. The molecule has 3 aromatic carbocycles. The van der Waals surface area contributed by atoms with Crippen molar-refractivity contribution in [1.29, 1.82) is 0 Å². The highest BCUT2D eigenvalue weighted by molar-refractivity contribution is 6.32. The lowest BCUT2D eigenvalue weighted by molar-refractivity contribution is -0.126. The lowest BCUT2D eigenvalue weighted by atomic mass is 10.1. The maximum absolute atomic E-state index is 13.3. The molecular formula is C31H29ClN2O3. The second-order valence-electron chi connectivity index (χ2n) is 8.45. The summed E-state index contributed by atoms with van der Waals surface area (Å²) in [6.07, 6.45) is 5.72. The molecular weight excluding hydrogens is 484 g/mol. The maximum atomic E-state index is 13.3. The van der Waals surface area contributed by atoms with Gasteiger partial charge in [-0.25, -0.2) is 0 Å². The SMILES string of the molecule is COc1cc(CN(CCc2ccccn2)C(=O)C=Cc2ccccc2Cl)ccc1OCc1ccccc1. The number of rotatable bonds is 11. The van der Waals surface area contributed by atoms with Crippen molar-refractivity contribution in [1.82, 2.24) is 9.88 Å². The van der Waals surface area contributed by atoms with Crippen molar-refractivity contribution in [2.24, 2.45) is 0 Å². The van der Waals surface area contributed by atoms with Crippen molar-refractivity contribution >= 4 is 23.6 Å². The van der Waals surface area contributed by atoms with Gasteiger partial charge in [0.15, 0.2) is 11.5 Å². The molecule has 1 heterocycles. The molecule has 0 atom stereocenters. The van der Waals surface area contributed by atoms with Gasteiger partial charge in [0.2, 0.25) is 5.91 Å². The van der Waals surface area contributed by atoms with Gasteiger partial charge in [-0.3, -0.25) is 9.78 Å². The van der Waals surface area contributed by atoms with E-state index in [-0.39, 0.29) is 5.91 Å². The van der Waals surface area contributed by atoms with Gasteiger partial charge in [-0.1, -0.05) is 72.3 Å². The van der Waals surface area contributed by atoms with Gasteiger partial charge in [0.1, 0.15) is 6.61 Å². The zero-order chi connectivity index (χ0) is 25.9. The smallest absolute Gasteiger partial charge is 0.246 e. The van der Waals surface area contributed by atoms with Crippen molar-refractivity contribution in [3.05, 3.63) is 131 Å². The Kier molecular flexibility index (Phi) is 9.33. The molecule has 5 nitrogen and oxygen atoms in total. The molecule has 188 valence electrons. The van der Waals surface area contributed by atoms with Crippen LogP contribution in [-0.2, 0) is 24.4 Å². The molecule has 0 aliphatic carbocycles. The number of aromatic nitrogens is 1. The van der Waals surface area contributed by atoms with Crippen molar-refractivity contribution in [3.8, 4) is 11.5 Å². The highest BCUT2D eigenvalue weighted by atomic mass is 35.5. The third-order valence-corrected chi connectivity index (χ3v) is 6.17. The van der Waals surface area contributed by atoms with Gasteiger partial charge in [0, 0.05) is 42.5 Å². The number of ether oxygens (including phenoxy) is 2. The van der Waals surface area contributed by atoms with E-state index in [1.54, 1.807) is 36.4 Å². The summed E-state index contributed by atoms with van der Waals surface area (Å²) in [6, 6.07) is 29.0. The van der Waals surface area contributed by atoms with Crippen LogP contribution < -0.4 is 9.47 Å². The summed E-state index contributed by atoms with van der Waals surface area (Å²) in [5.74, 6) is 1.16. The second-order valence-corrected chi connectivity index (χ2v) is 8.85. The Morgan fingerprint density at radius 2 is 1.70 bits per heavy atom. The summed E-state index contributed by atoms with van der Waals surface area (Å²) in [5, 5.41) is 0.599. The quantitative estimate of drug-likeness (QED) is 0.212. The highest BCUT2D eigenvalue weighted by Crippen LogP contribution is 2.29. The first kappa shape index (κ1) is 26.0. The number of amides is 1. The number of carbonyl (C=O) groups excluding carboxylic acids is 1. The van der Waals surface area contributed by atoms with E-state index in [2.05, 4.69) is 4.98 Å². The first-order chi connectivity index (χ1) is 18.1. The molecule has 1 aromatic heterocycles. The number of nitrogens with zero attached hydrogens (tertiary/aromatic N) is 2. The van der Waals surface area contributed by atoms with Crippen molar-refractivity contribution < 1.29 is 14.3 Å². The molecule has 4 aromatic rings. The van der Waals surface area contributed by atoms with E-state index < -0.39 is 0 Å². The van der Waals surface area contributed by atoms with Crippen molar-refractivity contribution in [2.45, 2.75) is 19.6 Å². The molecule has 0 aliphatic rings. The molecule has 1 amide bonds. The van der Waals surface area contributed by atoms with Gasteiger partial charge < -0.3 is 14.4 Å². The standard InChI is InChI=1S/C31H29ClN2O3/c1-36-30-21-25(14-16-29(30)37-23-24-9-3-2-4-10-24)22-34(20-18-27-12-7-8-19-33-27)31(35)17-15-26-11-5-6-13-28(26)32/h2-17,19,21H,18,20,22-23H2,1H3. The van der Waals surface area contributed by atoms with Crippen LogP contribution in [0.5, 0.6) is 11.5 Å². The van der Waals surface area contributed by atoms with Crippen LogP contribution in [0.2, 0.25) is 5.02 Å².